The van der Waals surface area contributed by atoms with E-state index in [4.69, 9.17) is 9.47 Å². The second kappa shape index (κ2) is 6.66. The molecule has 0 aromatic heterocycles. The maximum absolute atomic E-state index is 9.43. The molecule has 0 aliphatic rings. The summed E-state index contributed by atoms with van der Waals surface area (Å²) in [4.78, 5) is 0. The van der Waals surface area contributed by atoms with Crippen LogP contribution in [0.1, 0.15) is 25.8 Å². The first kappa shape index (κ1) is 15.6. The van der Waals surface area contributed by atoms with Crippen LogP contribution in [0.25, 0.3) is 0 Å². The fourth-order valence-electron chi connectivity index (χ4n) is 1.77. The van der Waals surface area contributed by atoms with Gasteiger partial charge in [-0.2, -0.15) is 0 Å². The second-order valence-electron chi connectivity index (χ2n) is 5.20. The average molecular weight is 267 g/mol. The van der Waals surface area contributed by atoms with E-state index >= 15 is 0 Å². The fourth-order valence-corrected chi connectivity index (χ4v) is 1.77. The molecule has 0 aliphatic heterocycles. The summed E-state index contributed by atoms with van der Waals surface area (Å²) in [6.07, 6.45) is 0.919. The van der Waals surface area contributed by atoms with Gasteiger partial charge in [0.2, 0.25) is 0 Å². The number of methoxy groups -OCH3 is 2. The van der Waals surface area contributed by atoms with Crippen molar-refractivity contribution in [1.29, 1.82) is 0 Å². The van der Waals surface area contributed by atoms with Gasteiger partial charge in [0, 0.05) is 23.7 Å². The third-order valence-corrected chi connectivity index (χ3v) is 3.67. The molecule has 0 fully saturated rings. The Hall–Kier alpha value is -1.42. The SMILES string of the molecule is CCC(C)(CO)CNc1cc(OC)c(OC)cc1C. The molecular weight excluding hydrogens is 242 g/mol. The number of aryl methyl sites for hydroxylation is 1. The van der Waals surface area contributed by atoms with Crippen molar-refractivity contribution in [1.82, 2.24) is 0 Å². The van der Waals surface area contributed by atoms with Gasteiger partial charge in [-0.25, -0.2) is 0 Å². The molecule has 0 spiro atoms. The predicted octanol–water partition coefficient (Wildman–Crippen LogP) is 2.83. The van der Waals surface area contributed by atoms with Gasteiger partial charge in [0.25, 0.3) is 0 Å². The van der Waals surface area contributed by atoms with Gasteiger partial charge in [0.05, 0.1) is 20.8 Å². The van der Waals surface area contributed by atoms with Gasteiger partial charge in [0.15, 0.2) is 11.5 Å². The van der Waals surface area contributed by atoms with Gasteiger partial charge in [-0.05, 0) is 25.0 Å². The van der Waals surface area contributed by atoms with Gasteiger partial charge in [-0.3, -0.25) is 0 Å². The summed E-state index contributed by atoms with van der Waals surface area (Å²) in [5.41, 5.74) is 1.99. The van der Waals surface area contributed by atoms with E-state index in [0.29, 0.717) is 5.75 Å². The lowest BCUT2D eigenvalue weighted by atomic mass is 9.88. The molecular formula is C15H25NO3. The predicted molar refractivity (Wildman–Crippen MR) is 78.3 cm³/mol. The molecule has 0 saturated heterocycles. The summed E-state index contributed by atoms with van der Waals surface area (Å²) in [5.74, 6) is 1.43. The van der Waals surface area contributed by atoms with Gasteiger partial charge in [-0.1, -0.05) is 13.8 Å². The lowest BCUT2D eigenvalue weighted by Gasteiger charge is -2.27. The normalized spacial score (nSPS) is 13.8. The number of hydrogen-bond donors (Lipinski definition) is 2. The lowest BCUT2D eigenvalue weighted by molar-refractivity contribution is 0.149. The summed E-state index contributed by atoms with van der Waals surface area (Å²) in [7, 11) is 3.26. The maximum Gasteiger partial charge on any atom is 0.162 e. The van der Waals surface area contributed by atoms with E-state index in [9.17, 15) is 5.11 Å². The van der Waals surface area contributed by atoms with Gasteiger partial charge >= 0.3 is 0 Å². The Morgan fingerprint density at radius 1 is 1.21 bits per heavy atom. The molecule has 19 heavy (non-hydrogen) atoms. The zero-order chi connectivity index (χ0) is 14.5. The number of hydrogen-bond acceptors (Lipinski definition) is 4. The van der Waals surface area contributed by atoms with Crippen molar-refractivity contribution in [3.8, 4) is 11.5 Å². The summed E-state index contributed by atoms with van der Waals surface area (Å²) in [5, 5.41) is 12.8. The third-order valence-electron chi connectivity index (χ3n) is 3.67. The van der Waals surface area contributed by atoms with Crippen LogP contribution < -0.4 is 14.8 Å². The van der Waals surface area contributed by atoms with E-state index in [1.807, 2.05) is 19.1 Å². The highest BCUT2D eigenvalue weighted by atomic mass is 16.5. The molecule has 4 nitrogen and oxygen atoms in total. The van der Waals surface area contributed by atoms with E-state index in [0.717, 1.165) is 30.0 Å². The molecule has 0 heterocycles. The highest BCUT2D eigenvalue weighted by Crippen LogP contribution is 2.33. The standard InChI is InChI=1S/C15H25NO3/c1-6-15(3,10-17)9-16-12-8-14(19-5)13(18-4)7-11(12)2/h7-8,16-17H,6,9-10H2,1-5H3. The first-order valence-electron chi connectivity index (χ1n) is 6.57. The fraction of sp³-hybridized carbons (Fsp3) is 0.600. The van der Waals surface area contributed by atoms with Crippen molar-refractivity contribution in [2.75, 3.05) is 32.7 Å². The molecule has 4 heteroatoms. The smallest absolute Gasteiger partial charge is 0.162 e. The minimum atomic E-state index is -0.112. The van der Waals surface area contributed by atoms with Crippen molar-refractivity contribution >= 4 is 5.69 Å². The number of rotatable bonds is 7. The topological polar surface area (TPSA) is 50.7 Å². The molecule has 0 radical (unpaired) electrons. The molecule has 0 bridgehead atoms. The number of anilines is 1. The van der Waals surface area contributed by atoms with Gasteiger partial charge < -0.3 is 19.9 Å². The van der Waals surface area contributed by atoms with Crippen LogP contribution >= 0.6 is 0 Å². The first-order chi connectivity index (χ1) is 8.99. The van der Waals surface area contributed by atoms with Crippen molar-refractivity contribution in [2.45, 2.75) is 27.2 Å². The number of ether oxygens (including phenoxy) is 2. The molecule has 108 valence electrons. The molecule has 0 saturated carbocycles. The maximum atomic E-state index is 9.43. The van der Waals surface area contributed by atoms with Crippen LogP contribution in [0.2, 0.25) is 0 Å². The third kappa shape index (κ3) is 3.77. The van der Waals surface area contributed by atoms with E-state index in [1.165, 1.54) is 0 Å². The summed E-state index contributed by atoms with van der Waals surface area (Å²) < 4.78 is 10.6. The van der Waals surface area contributed by atoms with E-state index < -0.39 is 0 Å². The van der Waals surface area contributed by atoms with Crippen LogP contribution in [-0.2, 0) is 0 Å². The number of nitrogens with one attached hydrogen (secondary N) is 1. The Labute approximate surface area is 115 Å². The minimum Gasteiger partial charge on any atom is -0.493 e. The Bertz CT molecular complexity index is 414. The van der Waals surface area contributed by atoms with E-state index in [2.05, 4.69) is 19.2 Å². The molecule has 1 aromatic rings. The molecule has 1 unspecified atom stereocenters. The Morgan fingerprint density at radius 3 is 2.26 bits per heavy atom. The zero-order valence-electron chi connectivity index (χ0n) is 12.5. The summed E-state index contributed by atoms with van der Waals surface area (Å²) in [6, 6.07) is 3.88. The summed E-state index contributed by atoms with van der Waals surface area (Å²) >= 11 is 0. The highest BCUT2D eigenvalue weighted by Gasteiger charge is 2.21. The van der Waals surface area contributed by atoms with Crippen LogP contribution in [0.4, 0.5) is 5.69 Å². The van der Waals surface area contributed by atoms with Crippen LogP contribution in [0.15, 0.2) is 12.1 Å². The van der Waals surface area contributed by atoms with E-state index in [-0.39, 0.29) is 12.0 Å². The largest absolute Gasteiger partial charge is 0.493 e. The highest BCUT2D eigenvalue weighted by molar-refractivity contribution is 5.60. The van der Waals surface area contributed by atoms with E-state index in [1.54, 1.807) is 14.2 Å². The first-order valence-corrected chi connectivity index (χ1v) is 6.57. The molecule has 1 rings (SSSR count). The molecule has 1 atom stereocenters. The quantitative estimate of drug-likeness (QED) is 0.797. The molecule has 2 N–H and O–H groups in total. The summed E-state index contributed by atoms with van der Waals surface area (Å²) in [6.45, 7) is 7.06. The minimum absolute atomic E-state index is 0.112. The number of aliphatic hydroxyl groups is 1. The van der Waals surface area contributed by atoms with Crippen LogP contribution in [0, 0.1) is 12.3 Å². The van der Waals surface area contributed by atoms with Crippen LogP contribution in [-0.4, -0.2) is 32.5 Å². The van der Waals surface area contributed by atoms with Crippen LogP contribution in [0.5, 0.6) is 11.5 Å². The van der Waals surface area contributed by atoms with Crippen molar-refractivity contribution in [3.63, 3.8) is 0 Å². The molecule has 0 aliphatic carbocycles. The Morgan fingerprint density at radius 2 is 1.79 bits per heavy atom. The van der Waals surface area contributed by atoms with Crippen LogP contribution in [0.3, 0.4) is 0 Å². The molecule has 1 aromatic carbocycles. The molecule has 0 amide bonds. The van der Waals surface area contributed by atoms with Crippen molar-refractivity contribution in [3.05, 3.63) is 17.7 Å². The zero-order valence-corrected chi connectivity index (χ0v) is 12.5. The lowest BCUT2D eigenvalue weighted by Crippen LogP contribution is -2.29. The monoisotopic (exact) mass is 267 g/mol. The van der Waals surface area contributed by atoms with Crippen molar-refractivity contribution in [2.24, 2.45) is 5.41 Å². The Balaban J connectivity index is 2.90. The Kier molecular flexibility index (Phi) is 5.48. The second-order valence-corrected chi connectivity index (χ2v) is 5.20. The van der Waals surface area contributed by atoms with Gasteiger partial charge in [-0.15, -0.1) is 0 Å². The van der Waals surface area contributed by atoms with Gasteiger partial charge in [0.1, 0.15) is 0 Å². The number of benzene rings is 1. The van der Waals surface area contributed by atoms with Crippen molar-refractivity contribution < 1.29 is 14.6 Å². The number of aliphatic hydroxyl groups excluding tert-OH is 1. The average Bonchev–Trinajstić information content (AvgIpc) is 2.45.